The first kappa shape index (κ1) is 13.1. The Labute approximate surface area is 121 Å². The van der Waals surface area contributed by atoms with Crippen molar-refractivity contribution < 1.29 is 9.18 Å². The van der Waals surface area contributed by atoms with Gasteiger partial charge in [-0.25, -0.2) is 4.39 Å². The van der Waals surface area contributed by atoms with E-state index in [2.05, 4.69) is 0 Å². The molecule has 0 saturated carbocycles. The molecule has 0 fully saturated rings. The summed E-state index contributed by atoms with van der Waals surface area (Å²) in [5.41, 5.74) is 2.49. The average molecular weight is 290 g/mol. The predicted octanol–water partition coefficient (Wildman–Crippen LogP) is 3.72. The van der Waals surface area contributed by atoms with Gasteiger partial charge >= 0.3 is 0 Å². The molecule has 0 amide bonds. The lowest BCUT2D eigenvalue weighted by Gasteiger charge is -2.18. The van der Waals surface area contributed by atoms with E-state index in [1.807, 2.05) is 4.90 Å². The number of fused-ring (bicyclic) bond motifs is 1. The number of halogens is 2. The maximum Gasteiger partial charge on any atom is 0.182 e. The Balaban J connectivity index is 1.80. The third-order valence-corrected chi connectivity index (χ3v) is 3.76. The van der Waals surface area contributed by atoms with Gasteiger partial charge < -0.3 is 4.90 Å². The van der Waals surface area contributed by atoms with Gasteiger partial charge in [-0.05, 0) is 36.2 Å². The molecule has 0 unspecified atom stereocenters. The Bertz CT molecular complexity index is 671. The molecule has 0 atom stereocenters. The monoisotopic (exact) mass is 289 g/mol. The van der Waals surface area contributed by atoms with Crippen LogP contribution in [-0.2, 0) is 6.42 Å². The summed E-state index contributed by atoms with van der Waals surface area (Å²) < 4.78 is 13.3. The van der Waals surface area contributed by atoms with Gasteiger partial charge in [-0.15, -0.1) is 0 Å². The summed E-state index contributed by atoms with van der Waals surface area (Å²) in [5.74, 6) is -0.282. The summed E-state index contributed by atoms with van der Waals surface area (Å²) in [6.07, 6.45) is 0.846. The van der Waals surface area contributed by atoms with Crippen LogP contribution in [0.25, 0.3) is 0 Å². The van der Waals surface area contributed by atoms with Crippen molar-refractivity contribution in [2.24, 2.45) is 0 Å². The predicted molar refractivity (Wildman–Crippen MR) is 78.1 cm³/mol. The molecule has 2 aromatic rings. The van der Waals surface area contributed by atoms with Crippen molar-refractivity contribution in [3.8, 4) is 0 Å². The number of rotatable bonds is 3. The van der Waals surface area contributed by atoms with E-state index in [4.69, 9.17) is 11.6 Å². The number of ketones is 1. The van der Waals surface area contributed by atoms with Crippen LogP contribution in [0.15, 0.2) is 42.5 Å². The van der Waals surface area contributed by atoms with Crippen LogP contribution in [0.3, 0.4) is 0 Å². The van der Waals surface area contributed by atoms with Crippen LogP contribution in [0.2, 0.25) is 5.02 Å². The van der Waals surface area contributed by atoms with E-state index in [0.717, 1.165) is 24.2 Å². The third-order valence-electron chi connectivity index (χ3n) is 3.52. The zero-order valence-corrected chi connectivity index (χ0v) is 11.5. The van der Waals surface area contributed by atoms with Crippen molar-refractivity contribution >= 4 is 23.1 Å². The largest absolute Gasteiger partial charge is 0.363 e. The Morgan fingerprint density at radius 2 is 2.10 bits per heavy atom. The highest BCUT2D eigenvalue weighted by Gasteiger charge is 2.22. The van der Waals surface area contributed by atoms with Crippen LogP contribution in [0.4, 0.5) is 10.1 Å². The maximum absolute atomic E-state index is 13.3. The second kappa shape index (κ2) is 5.25. The molecule has 0 spiro atoms. The first-order valence-electron chi connectivity index (χ1n) is 6.45. The van der Waals surface area contributed by atoms with Gasteiger partial charge in [0.2, 0.25) is 0 Å². The molecule has 0 radical (unpaired) electrons. The highest BCUT2D eigenvalue weighted by Crippen LogP contribution is 2.28. The summed E-state index contributed by atoms with van der Waals surface area (Å²) in [6, 6.07) is 11.6. The molecule has 0 N–H and O–H groups in total. The van der Waals surface area contributed by atoms with Crippen molar-refractivity contribution in [3.05, 3.63) is 64.4 Å². The SMILES string of the molecule is O=C(CN1CCc2ccc(F)cc21)c1cccc(Cl)c1. The van der Waals surface area contributed by atoms with Gasteiger partial charge in [-0.2, -0.15) is 0 Å². The van der Waals surface area contributed by atoms with E-state index in [0.29, 0.717) is 10.6 Å². The minimum atomic E-state index is -0.272. The smallest absolute Gasteiger partial charge is 0.182 e. The summed E-state index contributed by atoms with van der Waals surface area (Å²) in [4.78, 5) is 14.2. The number of benzene rings is 2. The van der Waals surface area contributed by atoms with Gasteiger partial charge in [0.1, 0.15) is 5.82 Å². The van der Waals surface area contributed by atoms with Gasteiger partial charge in [0.15, 0.2) is 5.78 Å². The number of Topliss-reactive ketones (excluding diaryl/α,β-unsaturated/α-hetero) is 1. The minimum absolute atomic E-state index is 0.00962. The van der Waals surface area contributed by atoms with Gasteiger partial charge in [0.05, 0.1) is 6.54 Å². The van der Waals surface area contributed by atoms with Crippen LogP contribution < -0.4 is 4.90 Å². The zero-order valence-electron chi connectivity index (χ0n) is 10.8. The van der Waals surface area contributed by atoms with Crippen molar-refractivity contribution in [3.63, 3.8) is 0 Å². The molecular weight excluding hydrogens is 277 g/mol. The van der Waals surface area contributed by atoms with Crippen molar-refractivity contribution in [1.82, 2.24) is 0 Å². The highest BCUT2D eigenvalue weighted by molar-refractivity contribution is 6.31. The number of carbonyl (C=O) groups is 1. The standard InChI is InChI=1S/C16H13ClFNO/c17-13-3-1-2-12(8-13)16(20)10-19-7-6-11-4-5-14(18)9-15(11)19/h1-5,8-9H,6-7,10H2. The van der Waals surface area contributed by atoms with Crippen molar-refractivity contribution in [1.29, 1.82) is 0 Å². The van der Waals surface area contributed by atoms with Crippen LogP contribution in [0, 0.1) is 5.82 Å². The lowest BCUT2D eigenvalue weighted by Crippen LogP contribution is -2.28. The molecule has 102 valence electrons. The molecule has 2 aromatic carbocycles. The Morgan fingerprint density at radius 1 is 1.25 bits per heavy atom. The summed E-state index contributed by atoms with van der Waals surface area (Å²) in [7, 11) is 0. The number of nitrogens with zero attached hydrogens (tertiary/aromatic N) is 1. The number of carbonyl (C=O) groups excluding carboxylic acids is 1. The average Bonchev–Trinajstić information content (AvgIpc) is 2.81. The molecule has 2 nitrogen and oxygen atoms in total. The Morgan fingerprint density at radius 3 is 2.90 bits per heavy atom. The van der Waals surface area contributed by atoms with Crippen molar-refractivity contribution in [2.45, 2.75) is 6.42 Å². The molecule has 3 rings (SSSR count). The summed E-state index contributed by atoms with van der Waals surface area (Å²) >= 11 is 5.89. The van der Waals surface area contributed by atoms with Crippen LogP contribution in [-0.4, -0.2) is 18.9 Å². The van der Waals surface area contributed by atoms with E-state index in [1.165, 1.54) is 12.1 Å². The Kier molecular flexibility index (Phi) is 3.45. The number of anilines is 1. The third kappa shape index (κ3) is 2.54. The number of hydrogen-bond donors (Lipinski definition) is 0. The molecule has 0 aliphatic carbocycles. The lowest BCUT2D eigenvalue weighted by atomic mass is 10.1. The fourth-order valence-electron chi connectivity index (χ4n) is 2.51. The van der Waals surface area contributed by atoms with E-state index in [9.17, 15) is 9.18 Å². The van der Waals surface area contributed by atoms with E-state index in [1.54, 1.807) is 30.3 Å². The number of hydrogen-bond acceptors (Lipinski definition) is 2. The molecule has 0 saturated heterocycles. The molecule has 0 bridgehead atoms. The quantitative estimate of drug-likeness (QED) is 0.803. The van der Waals surface area contributed by atoms with Gasteiger partial charge in [0, 0.05) is 22.8 Å². The molecule has 0 aromatic heterocycles. The van der Waals surface area contributed by atoms with Crippen LogP contribution >= 0.6 is 11.6 Å². The zero-order chi connectivity index (χ0) is 14.1. The van der Waals surface area contributed by atoms with Crippen LogP contribution in [0.5, 0.6) is 0 Å². The molecule has 1 aliphatic heterocycles. The first-order valence-corrected chi connectivity index (χ1v) is 6.83. The summed E-state index contributed by atoms with van der Waals surface area (Å²) in [5, 5.41) is 0.545. The molecule has 1 heterocycles. The fourth-order valence-corrected chi connectivity index (χ4v) is 2.70. The lowest BCUT2D eigenvalue weighted by molar-refractivity contribution is 0.0999. The second-order valence-electron chi connectivity index (χ2n) is 4.88. The fraction of sp³-hybridized carbons (Fsp3) is 0.188. The molecule has 4 heteroatoms. The molecule has 20 heavy (non-hydrogen) atoms. The van der Waals surface area contributed by atoms with E-state index in [-0.39, 0.29) is 18.1 Å². The van der Waals surface area contributed by atoms with Crippen molar-refractivity contribution in [2.75, 3.05) is 18.0 Å². The van der Waals surface area contributed by atoms with Gasteiger partial charge in [0.25, 0.3) is 0 Å². The topological polar surface area (TPSA) is 20.3 Å². The normalized spacial score (nSPS) is 13.4. The molecular formula is C16H13ClFNO. The Hall–Kier alpha value is -1.87. The maximum atomic E-state index is 13.3. The van der Waals surface area contributed by atoms with E-state index < -0.39 is 0 Å². The van der Waals surface area contributed by atoms with Crippen LogP contribution in [0.1, 0.15) is 15.9 Å². The highest BCUT2D eigenvalue weighted by atomic mass is 35.5. The first-order chi connectivity index (χ1) is 9.63. The molecule has 1 aliphatic rings. The minimum Gasteiger partial charge on any atom is -0.363 e. The van der Waals surface area contributed by atoms with Gasteiger partial charge in [-0.1, -0.05) is 29.8 Å². The van der Waals surface area contributed by atoms with Gasteiger partial charge in [-0.3, -0.25) is 4.79 Å². The van der Waals surface area contributed by atoms with E-state index >= 15 is 0 Å². The summed E-state index contributed by atoms with van der Waals surface area (Å²) in [6.45, 7) is 0.988. The second-order valence-corrected chi connectivity index (χ2v) is 5.31.